The molecule has 0 fully saturated rings. The molecule has 5 aromatic rings. The van der Waals surface area contributed by atoms with E-state index in [1.165, 1.54) is 14.2 Å². The summed E-state index contributed by atoms with van der Waals surface area (Å²) in [7, 11) is 6.99. The Kier molecular flexibility index (Phi) is 15.6. The van der Waals surface area contributed by atoms with Crippen LogP contribution in [0.4, 0.5) is 28.4 Å². The number of hydrogen-bond donors (Lipinski definition) is 3. The van der Waals surface area contributed by atoms with E-state index in [1.807, 2.05) is 92.3 Å². The molecular weight excluding hydrogens is 967 g/mol. The first-order valence-corrected chi connectivity index (χ1v) is 26.0. The van der Waals surface area contributed by atoms with Crippen LogP contribution in [0, 0.1) is 5.92 Å². The molecule has 0 aromatic heterocycles. The Labute approximate surface area is 443 Å². The average Bonchev–Trinajstić information content (AvgIpc) is 3.92. The van der Waals surface area contributed by atoms with Crippen LogP contribution in [-0.4, -0.2) is 101 Å². The second-order valence-corrected chi connectivity index (χ2v) is 20.6. The predicted octanol–water partition coefficient (Wildman–Crippen LogP) is 7.64. The third-order valence-corrected chi connectivity index (χ3v) is 14.8. The lowest BCUT2D eigenvalue weighted by atomic mass is 10.0. The molecular formula is C59H67N7O10. The van der Waals surface area contributed by atoms with Crippen molar-refractivity contribution in [3.63, 3.8) is 0 Å². The molecule has 0 radical (unpaired) electrons. The number of likely N-dealkylation sites (N-methyl/N-ethyl adjacent to an activating group) is 2. The summed E-state index contributed by atoms with van der Waals surface area (Å²) in [6.07, 6.45) is 3.16. The summed E-state index contributed by atoms with van der Waals surface area (Å²) in [5, 5.41) is 8.34. The van der Waals surface area contributed by atoms with E-state index < -0.39 is 23.9 Å². The van der Waals surface area contributed by atoms with Gasteiger partial charge in [-0.1, -0.05) is 50.2 Å². The maximum absolute atomic E-state index is 14.3. The van der Waals surface area contributed by atoms with Gasteiger partial charge in [0.15, 0.2) is 23.0 Å². The van der Waals surface area contributed by atoms with Crippen molar-refractivity contribution in [1.29, 1.82) is 0 Å². The van der Waals surface area contributed by atoms with Crippen LogP contribution in [0.5, 0.6) is 23.0 Å². The highest BCUT2D eigenvalue weighted by Crippen LogP contribution is 2.44. The highest BCUT2D eigenvalue weighted by atomic mass is 16.5. The van der Waals surface area contributed by atoms with Crippen LogP contribution in [0.15, 0.2) is 91.0 Å². The fourth-order valence-corrected chi connectivity index (χ4v) is 10.7. The van der Waals surface area contributed by atoms with E-state index in [0.29, 0.717) is 94.7 Å². The lowest BCUT2D eigenvalue weighted by Gasteiger charge is -2.25. The molecule has 4 aliphatic heterocycles. The monoisotopic (exact) mass is 1030 g/mol. The summed E-state index contributed by atoms with van der Waals surface area (Å²) >= 11 is 0. The minimum Gasteiger partial charge on any atom is -0.493 e. The largest absolute Gasteiger partial charge is 0.493 e. The Balaban J connectivity index is 0.941. The van der Waals surface area contributed by atoms with Crippen molar-refractivity contribution >= 4 is 63.8 Å². The van der Waals surface area contributed by atoms with Gasteiger partial charge in [-0.05, 0) is 104 Å². The molecule has 5 aromatic carbocycles. The van der Waals surface area contributed by atoms with E-state index in [2.05, 4.69) is 37.9 Å². The van der Waals surface area contributed by atoms with Crippen molar-refractivity contribution < 1.29 is 47.7 Å². The van der Waals surface area contributed by atoms with Crippen molar-refractivity contribution in [3.8, 4) is 23.0 Å². The van der Waals surface area contributed by atoms with E-state index in [1.54, 1.807) is 38.1 Å². The van der Waals surface area contributed by atoms with Gasteiger partial charge in [0.1, 0.15) is 31.1 Å². The molecule has 0 spiro atoms. The smallest absolute Gasteiger partial charge is 0.260 e. The number of nitrogens with one attached hydrogen (secondary N) is 3. The van der Waals surface area contributed by atoms with Gasteiger partial charge in [-0.25, -0.2) is 0 Å². The number of amides is 5. The van der Waals surface area contributed by atoms with Crippen molar-refractivity contribution in [2.45, 2.75) is 104 Å². The lowest BCUT2D eigenvalue weighted by molar-refractivity contribution is -0.130. The lowest BCUT2D eigenvalue weighted by Crippen LogP contribution is -2.50. The molecule has 17 nitrogen and oxygen atoms in total. The van der Waals surface area contributed by atoms with Crippen LogP contribution in [0.2, 0.25) is 0 Å². The highest BCUT2D eigenvalue weighted by Gasteiger charge is 2.41. The first-order chi connectivity index (χ1) is 36.5. The number of unbranched alkanes of at least 4 members (excludes halogenated alkanes) is 1. The average molecular weight is 1030 g/mol. The van der Waals surface area contributed by atoms with Gasteiger partial charge in [-0.3, -0.25) is 28.8 Å². The molecule has 0 aliphatic carbocycles. The van der Waals surface area contributed by atoms with Gasteiger partial charge < -0.3 is 54.5 Å². The van der Waals surface area contributed by atoms with Gasteiger partial charge in [-0.15, -0.1) is 0 Å². The summed E-state index contributed by atoms with van der Waals surface area (Å²) in [6, 6.07) is 26.5. The number of fused-ring (bicyclic) bond motifs is 8. The zero-order valence-corrected chi connectivity index (χ0v) is 44.5. The Hall–Kier alpha value is -8.08. The van der Waals surface area contributed by atoms with Crippen LogP contribution in [0.25, 0.3) is 0 Å². The number of para-hydroxylation sites is 2. The van der Waals surface area contributed by atoms with Crippen LogP contribution in [0.3, 0.4) is 0 Å². The molecule has 4 atom stereocenters. The number of ketones is 1. The minimum absolute atomic E-state index is 0.0129. The topological polar surface area (TPSA) is 188 Å². The minimum atomic E-state index is -1.01. The number of ether oxygens (including phenoxy) is 4. The van der Waals surface area contributed by atoms with Gasteiger partial charge in [0.05, 0.1) is 48.8 Å². The Bertz CT molecular complexity index is 2930. The van der Waals surface area contributed by atoms with Crippen molar-refractivity contribution in [2.75, 3.05) is 66.3 Å². The molecule has 17 heteroatoms. The van der Waals surface area contributed by atoms with E-state index in [-0.39, 0.29) is 61.1 Å². The van der Waals surface area contributed by atoms with Gasteiger partial charge in [0.25, 0.3) is 11.8 Å². The molecule has 0 saturated heterocycles. The third-order valence-electron chi connectivity index (χ3n) is 14.8. The van der Waals surface area contributed by atoms with Crippen LogP contribution in [0.1, 0.15) is 96.3 Å². The van der Waals surface area contributed by atoms with Gasteiger partial charge >= 0.3 is 0 Å². The summed E-state index contributed by atoms with van der Waals surface area (Å²) in [5.41, 5.74) is 8.18. The van der Waals surface area contributed by atoms with Gasteiger partial charge in [0, 0.05) is 75.1 Å². The van der Waals surface area contributed by atoms with Crippen LogP contribution < -0.4 is 54.5 Å². The SMILES string of the molecule is COc1cc2c(cc1OCc1cc(COc3cc4c(cc3OC)C(=O)N3c5ccccc5C[C@H]3CN4C)cc(NC(=O)[C@H](C)NC(=O)[C@H](C)NC(=O)CCCCC(=O)C(C)C)c1)N(C)C[C@@H]1Cc3ccccc3N1C2=O. The summed E-state index contributed by atoms with van der Waals surface area (Å²) < 4.78 is 24.8. The molecule has 0 saturated carbocycles. The highest BCUT2D eigenvalue weighted by molar-refractivity contribution is 6.13. The van der Waals surface area contributed by atoms with E-state index in [0.717, 1.165) is 35.3 Å². The van der Waals surface area contributed by atoms with Crippen molar-refractivity contribution in [2.24, 2.45) is 5.92 Å². The van der Waals surface area contributed by atoms with Gasteiger partial charge in [0.2, 0.25) is 17.7 Å². The van der Waals surface area contributed by atoms with E-state index in [9.17, 15) is 28.8 Å². The second kappa shape index (κ2) is 22.4. The standard InChI is InChI=1S/C59H67N7O10/c1-34(2)50(67)19-13-14-20-55(68)60-35(3)56(69)61-36(4)57(70)62-41-22-37(32-75-53-28-48-44(26-51(53)73-7)58(71)65-42(30-63(48)5)24-39-15-9-11-17-46(39)65)21-38(23-41)33-76-54-29-49-45(27-52(54)74-8)59(72)66-43(31-64(49)6)25-40-16-10-12-18-47(40)66/h9-12,15-18,21-23,26-29,34-36,42-43H,13-14,19-20,24-25,30-33H2,1-8H3,(H,60,68)(H,61,69)(H,62,70)/t35-,36-,42-,43-/m0/s1. The molecule has 76 heavy (non-hydrogen) atoms. The normalized spacial score (nSPS) is 17.0. The van der Waals surface area contributed by atoms with Crippen LogP contribution >= 0.6 is 0 Å². The molecule has 9 rings (SSSR count). The second-order valence-electron chi connectivity index (χ2n) is 20.6. The number of Topliss-reactive ketones (excluding diaryl/α,β-unsaturated/α-hetero) is 1. The van der Waals surface area contributed by atoms with E-state index in [4.69, 9.17) is 18.9 Å². The van der Waals surface area contributed by atoms with Crippen LogP contribution in [-0.2, 0) is 45.2 Å². The molecule has 5 amide bonds. The Morgan fingerprint density at radius 2 is 1.05 bits per heavy atom. The molecule has 398 valence electrons. The molecule has 3 N–H and O–H groups in total. The first-order valence-electron chi connectivity index (χ1n) is 26.0. The van der Waals surface area contributed by atoms with E-state index >= 15 is 0 Å². The maximum atomic E-state index is 14.3. The first kappa shape index (κ1) is 52.8. The number of carbonyl (C=O) groups excluding carboxylic acids is 6. The Morgan fingerprint density at radius 1 is 0.579 bits per heavy atom. The zero-order valence-electron chi connectivity index (χ0n) is 44.5. The predicted molar refractivity (Wildman–Crippen MR) is 291 cm³/mol. The molecule has 0 bridgehead atoms. The molecule has 4 aliphatic rings. The van der Waals surface area contributed by atoms with Gasteiger partial charge in [-0.2, -0.15) is 0 Å². The summed E-state index contributed by atoms with van der Waals surface area (Å²) in [5.74, 6) is 0.0398. The number of methoxy groups -OCH3 is 2. The summed E-state index contributed by atoms with van der Waals surface area (Å²) in [6.45, 7) is 8.03. The fraction of sp³-hybridized carbons (Fsp3) is 0.390. The molecule has 0 unspecified atom stereocenters. The molecule has 4 heterocycles. The number of hydrogen-bond acceptors (Lipinski definition) is 12. The van der Waals surface area contributed by atoms with Crippen molar-refractivity contribution in [1.82, 2.24) is 10.6 Å². The quantitative estimate of drug-likeness (QED) is 0.0688. The summed E-state index contributed by atoms with van der Waals surface area (Å²) in [4.78, 5) is 88.2. The number of nitrogens with zero attached hydrogens (tertiary/aromatic N) is 4. The zero-order chi connectivity index (χ0) is 53.9. The third kappa shape index (κ3) is 11.0. The number of carbonyl (C=O) groups is 6. The number of benzene rings is 5. The maximum Gasteiger partial charge on any atom is 0.260 e. The Morgan fingerprint density at radius 3 is 1.54 bits per heavy atom. The number of anilines is 5. The fourth-order valence-electron chi connectivity index (χ4n) is 10.7. The van der Waals surface area contributed by atoms with Crippen molar-refractivity contribution in [3.05, 3.63) is 124 Å². The number of rotatable bonds is 19.